The summed E-state index contributed by atoms with van der Waals surface area (Å²) in [5.74, 6) is -0.743. The molecule has 0 aromatic heterocycles. The van der Waals surface area contributed by atoms with Gasteiger partial charge in [0.15, 0.2) is 6.10 Å². The fourth-order valence-corrected chi connectivity index (χ4v) is 1.56. The minimum atomic E-state index is -0.795. The van der Waals surface area contributed by atoms with Gasteiger partial charge in [-0.15, -0.1) is 0 Å². The van der Waals surface area contributed by atoms with Crippen molar-refractivity contribution in [3.05, 3.63) is 29.8 Å². The molecule has 0 bridgehead atoms. The van der Waals surface area contributed by atoms with Gasteiger partial charge in [-0.05, 0) is 38.5 Å². The first-order valence-electron chi connectivity index (χ1n) is 6.22. The maximum atomic E-state index is 11.7. The van der Waals surface area contributed by atoms with E-state index in [0.29, 0.717) is 5.69 Å². The van der Waals surface area contributed by atoms with Crippen LogP contribution < -0.4 is 11.1 Å². The summed E-state index contributed by atoms with van der Waals surface area (Å²) in [6.45, 7) is 5.24. The first kappa shape index (κ1) is 15.0. The number of nitrogen functional groups attached to an aromatic ring is 1. The van der Waals surface area contributed by atoms with Crippen molar-refractivity contribution < 1.29 is 14.3 Å². The van der Waals surface area contributed by atoms with Crippen molar-refractivity contribution in [2.75, 3.05) is 5.73 Å². The van der Waals surface area contributed by atoms with Crippen molar-refractivity contribution >= 4 is 17.6 Å². The van der Waals surface area contributed by atoms with E-state index in [4.69, 9.17) is 10.5 Å². The van der Waals surface area contributed by atoms with Crippen LogP contribution in [0.3, 0.4) is 0 Å². The molecule has 1 unspecified atom stereocenters. The van der Waals surface area contributed by atoms with Crippen LogP contribution in [0.15, 0.2) is 24.3 Å². The topological polar surface area (TPSA) is 81.4 Å². The van der Waals surface area contributed by atoms with Crippen molar-refractivity contribution in [1.82, 2.24) is 5.32 Å². The Morgan fingerprint density at radius 1 is 1.32 bits per heavy atom. The third-order valence-electron chi connectivity index (χ3n) is 2.41. The van der Waals surface area contributed by atoms with Crippen LogP contribution in [-0.4, -0.2) is 24.0 Å². The van der Waals surface area contributed by atoms with Crippen molar-refractivity contribution in [1.29, 1.82) is 0 Å². The van der Waals surface area contributed by atoms with E-state index in [1.807, 2.05) is 13.8 Å². The lowest BCUT2D eigenvalue weighted by Gasteiger charge is -2.15. The zero-order chi connectivity index (χ0) is 14.4. The highest BCUT2D eigenvalue weighted by Gasteiger charge is 2.18. The molecule has 19 heavy (non-hydrogen) atoms. The predicted octanol–water partition coefficient (Wildman–Crippen LogP) is 1.27. The van der Waals surface area contributed by atoms with Gasteiger partial charge in [-0.1, -0.05) is 12.1 Å². The first-order chi connectivity index (χ1) is 8.88. The standard InChI is InChI=1S/C14H20N2O3/c1-9(2)16-14(18)10(3)19-13(17)8-11-5-4-6-12(15)7-11/h4-7,9-10H,8,15H2,1-3H3,(H,16,18). The van der Waals surface area contributed by atoms with Gasteiger partial charge >= 0.3 is 5.97 Å². The van der Waals surface area contributed by atoms with Crippen molar-refractivity contribution in [2.24, 2.45) is 0 Å². The maximum absolute atomic E-state index is 11.7. The average Bonchev–Trinajstić information content (AvgIpc) is 2.27. The molecule has 0 heterocycles. The summed E-state index contributed by atoms with van der Waals surface area (Å²) in [6, 6.07) is 7.03. The lowest BCUT2D eigenvalue weighted by Crippen LogP contribution is -2.39. The van der Waals surface area contributed by atoms with Crippen molar-refractivity contribution in [3.63, 3.8) is 0 Å². The molecule has 0 fully saturated rings. The van der Waals surface area contributed by atoms with E-state index in [0.717, 1.165) is 5.56 Å². The molecule has 0 aliphatic heterocycles. The number of amides is 1. The second-order valence-electron chi connectivity index (χ2n) is 4.72. The van der Waals surface area contributed by atoms with Crippen LogP contribution >= 0.6 is 0 Å². The molecule has 1 aromatic carbocycles. The molecule has 0 saturated carbocycles. The number of esters is 1. The summed E-state index contributed by atoms with van der Waals surface area (Å²) >= 11 is 0. The number of ether oxygens (including phenoxy) is 1. The first-order valence-corrected chi connectivity index (χ1v) is 6.22. The quantitative estimate of drug-likeness (QED) is 0.620. The van der Waals surface area contributed by atoms with Crippen molar-refractivity contribution in [3.8, 4) is 0 Å². The Labute approximate surface area is 113 Å². The Bertz CT molecular complexity index is 458. The highest BCUT2D eigenvalue weighted by Crippen LogP contribution is 2.08. The van der Waals surface area contributed by atoms with Crippen LogP contribution in [-0.2, 0) is 20.7 Å². The van der Waals surface area contributed by atoms with E-state index in [1.165, 1.54) is 0 Å². The zero-order valence-corrected chi connectivity index (χ0v) is 11.5. The molecule has 1 atom stereocenters. The number of nitrogens with one attached hydrogen (secondary N) is 1. The van der Waals surface area contributed by atoms with E-state index < -0.39 is 12.1 Å². The average molecular weight is 264 g/mol. The molecule has 0 saturated heterocycles. The van der Waals surface area contributed by atoms with Gasteiger partial charge in [0.25, 0.3) is 5.91 Å². The maximum Gasteiger partial charge on any atom is 0.311 e. The molecule has 104 valence electrons. The number of benzene rings is 1. The van der Waals surface area contributed by atoms with Crippen LogP contribution in [0.4, 0.5) is 5.69 Å². The third-order valence-corrected chi connectivity index (χ3v) is 2.41. The molecule has 3 N–H and O–H groups in total. The van der Waals surface area contributed by atoms with Crippen LogP contribution in [0, 0.1) is 0 Å². The minimum absolute atomic E-state index is 0.0163. The van der Waals surface area contributed by atoms with Crippen LogP contribution in [0.2, 0.25) is 0 Å². The molecule has 1 rings (SSSR count). The van der Waals surface area contributed by atoms with Gasteiger partial charge < -0.3 is 15.8 Å². The monoisotopic (exact) mass is 264 g/mol. The molecule has 0 aliphatic carbocycles. The number of hydrogen-bond donors (Lipinski definition) is 2. The second-order valence-corrected chi connectivity index (χ2v) is 4.72. The Hall–Kier alpha value is -2.04. The molecule has 1 aromatic rings. The van der Waals surface area contributed by atoms with E-state index in [9.17, 15) is 9.59 Å². The normalized spacial score (nSPS) is 12.0. The summed E-state index contributed by atoms with van der Waals surface area (Å²) in [7, 11) is 0. The Morgan fingerprint density at radius 3 is 2.58 bits per heavy atom. The molecule has 0 spiro atoms. The lowest BCUT2D eigenvalue weighted by molar-refractivity contribution is -0.154. The number of carbonyl (C=O) groups excluding carboxylic acids is 2. The van der Waals surface area contributed by atoms with E-state index >= 15 is 0 Å². The Kier molecular flexibility index (Phi) is 5.36. The number of hydrogen-bond acceptors (Lipinski definition) is 4. The van der Waals surface area contributed by atoms with Gasteiger partial charge in [-0.3, -0.25) is 9.59 Å². The van der Waals surface area contributed by atoms with Crippen molar-refractivity contribution in [2.45, 2.75) is 39.3 Å². The number of rotatable bonds is 5. The Balaban J connectivity index is 2.49. The molecular formula is C14H20N2O3. The zero-order valence-electron chi connectivity index (χ0n) is 11.5. The summed E-state index contributed by atoms with van der Waals surface area (Å²) in [4.78, 5) is 23.3. The summed E-state index contributed by atoms with van der Waals surface area (Å²) in [6.07, 6.45) is -0.694. The minimum Gasteiger partial charge on any atom is -0.452 e. The van der Waals surface area contributed by atoms with Crippen LogP contribution in [0.1, 0.15) is 26.3 Å². The predicted molar refractivity (Wildman–Crippen MR) is 73.4 cm³/mol. The fraction of sp³-hybridized carbons (Fsp3) is 0.429. The van der Waals surface area contributed by atoms with Gasteiger partial charge in [-0.2, -0.15) is 0 Å². The Morgan fingerprint density at radius 2 is 2.00 bits per heavy atom. The second kappa shape index (κ2) is 6.78. The van der Waals surface area contributed by atoms with Gasteiger partial charge in [0.2, 0.25) is 0 Å². The lowest BCUT2D eigenvalue weighted by atomic mass is 10.1. The highest BCUT2D eigenvalue weighted by molar-refractivity contribution is 5.84. The number of carbonyl (C=O) groups is 2. The van der Waals surface area contributed by atoms with E-state index in [2.05, 4.69) is 5.32 Å². The fourth-order valence-electron chi connectivity index (χ4n) is 1.56. The molecule has 1 amide bonds. The van der Waals surface area contributed by atoms with Crippen LogP contribution in [0.25, 0.3) is 0 Å². The van der Waals surface area contributed by atoms with E-state index in [-0.39, 0.29) is 18.4 Å². The summed E-state index contributed by atoms with van der Waals surface area (Å²) < 4.78 is 5.07. The molecular weight excluding hydrogens is 244 g/mol. The smallest absolute Gasteiger partial charge is 0.311 e. The third kappa shape index (κ3) is 5.42. The summed E-state index contributed by atoms with van der Waals surface area (Å²) in [5, 5.41) is 2.68. The van der Waals surface area contributed by atoms with Crippen LogP contribution in [0.5, 0.6) is 0 Å². The summed E-state index contributed by atoms with van der Waals surface area (Å²) in [5.41, 5.74) is 6.98. The molecule has 0 aliphatic rings. The van der Waals surface area contributed by atoms with Gasteiger partial charge in [0, 0.05) is 11.7 Å². The SMILES string of the molecule is CC(C)NC(=O)C(C)OC(=O)Cc1cccc(N)c1. The largest absolute Gasteiger partial charge is 0.452 e. The number of anilines is 1. The van der Waals surface area contributed by atoms with E-state index in [1.54, 1.807) is 31.2 Å². The molecule has 5 heteroatoms. The number of nitrogens with two attached hydrogens (primary N) is 1. The van der Waals surface area contributed by atoms with Gasteiger partial charge in [0.1, 0.15) is 0 Å². The van der Waals surface area contributed by atoms with Gasteiger partial charge in [-0.25, -0.2) is 0 Å². The molecule has 0 radical (unpaired) electrons. The van der Waals surface area contributed by atoms with Gasteiger partial charge in [0.05, 0.1) is 6.42 Å². The molecule has 5 nitrogen and oxygen atoms in total. The highest BCUT2D eigenvalue weighted by atomic mass is 16.5.